The molecule has 1 aliphatic carbocycles. The molecule has 5 nitrogen and oxygen atoms in total. The predicted molar refractivity (Wildman–Crippen MR) is 100 cm³/mol. The van der Waals surface area contributed by atoms with E-state index in [-0.39, 0.29) is 11.9 Å². The fourth-order valence-electron chi connectivity index (χ4n) is 3.18. The molecule has 0 unspecified atom stereocenters. The second kappa shape index (κ2) is 8.10. The van der Waals surface area contributed by atoms with Crippen molar-refractivity contribution in [2.45, 2.75) is 58.4 Å². The Balaban J connectivity index is 1.67. The van der Waals surface area contributed by atoms with Crippen LogP contribution in [-0.2, 0) is 0 Å². The van der Waals surface area contributed by atoms with Crippen molar-refractivity contribution in [3.05, 3.63) is 47.3 Å². The molecule has 1 saturated carbocycles. The van der Waals surface area contributed by atoms with Gasteiger partial charge in [-0.15, -0.1) is 0 Å². The first-order valence-electron chi connectivity index (χ1n) is 9.10. The van der Waals surface area contributed by atoms with E-state index in [2.05, 4.69) is 46.6 Å². The van der Waals surface area contributed by atoms with Crippen LogP contribution in [0.5, 0.6) is 0 Å². The molecule has 0 aliphatic heterocycles. The average Bonchev–Trinajstić information content (AvgIpc) is 2.87. The van der Waals surface area contributed by atoms with Crippen LogP contribution in [0.2, 0.25) is 0 Å². The molecule has 1 aliphatic rings. The smallest absolute Gasteiger partial charge is 0.270 e. The van der Waals surface area contributed by atoms with Crippen LogP contribution >= 0.6 is 0 Å². The van der Waals surface area contributed by atoms with Crippen LogP contribution in [0.1, 0.15) is 60.1 Å². The molecule has 2 N–H and O–H groups in total. The van der Waals surface area contributed by atoms with Crippen molar-refractivity contribution >= 4 is 17.5 Å². The van der Waals surface area contributed by atoms with Gasteiger partial charge in [-0.1, -0.05) is 31.7 Å². The Labute approximate surface area is 149 Å². The van der Waals surface area contributed by atoms with Gasteiger partial charge in [-0.25, -0.2) is 9.97 Å². The number of nitrogens with zero attached hydrogens (tertiary/aromatic N) is 2. The van der Waals surface area contributed by atoms with Gasteiger partial charge in [0.1, 0.15) is 5.69 Å². The number of amides is 1. The molecule has 1 aromatic heterocycles. The Kier molecular flexibility index (Phi) is 5.64. The number of carbonyl (C=O) groups is 1. The summed E-state index contributed by atoms with van der Waals surface area (Å²) in [6, 6.07) is 8.03. The van der Waals surface area contributed by atoms with Crippen molar-refractivity contribution in [3.8, 4) is 0 Å². The molecule has 2 aromatic rings. The van der Waals surface area contributed by atoms with Gasteiger partial charge in [-0.3, -0.25) is 4.79 Å². The van der Waals surface area contributed by atoms with Crippen molar-refractivity contribution < 1.29 is 4.79 Å². The summed E-state index contributed by atoms with van der Waals surface area (Å²) in [5, 5.41) is 6.30. The highest BCUT2D eigenvalue weighted by atomic mass is 16.1. The summed E-state index contributed by atoms with van der Waals surface area (Å²) in [6.45, 7) is 4.14. The predicted octanol–water partition coefficient (Wildman–Crippen LogP) is 4.29. The van der Waals surface area contributed by atoms with Crippen LogP contribution < -0.4 is 10.6 Å². The molecular formula is C20H26N4O. The number of benzene rings is 1. The van der Waals surface area contributed by atoms with E-state index in [0.29, 0.717) is 11.6 Å². The maximum absolute atomic E-state index is 12.5. The fraction of sp³-hybridized carbons (Fsp3) is 0.450. The Hall–Kier alpha value is -2.43. The van der Waals surface area contributed by atoms with E-state index in [4.69, 9.17) is 0 Å². The number of aromatic nitrogens is 2. The van der Waals surface area contributed by atoms with Gasteiger partial charge >= 0.3 is 0 Å². The van der Waals surface area contributed by atoms with E-state index < -0.39 is 0 Å². The maximum Gasteiger partial charge on any atom is 0.270 e. The third kappa shape index (κ3) is 4.78. The second-order valence-electron chi connectivity index (χ2n) is 6.85. The maximum atomic E-state index is 12.5. The lowest BCUT2D eigenvalue weighted by Crippen LogP contribution is -2.35. The van der Waals surface area contributed by atoms with E-state index in [0.717, 1.165) is 18.5 Å². The summed E-state index contributed by atoms with van der Waals surface area (Å²) in [5.41, 5.74) is 3.77. The molecule has 1 heterocycles. The van der Waals surface area contributed by atoms with Gasteiger partial charge in [-0.2, -0.15) is 0 Å². The Bertz CT molecular complexity index is 736. The van der Waals surface area contributed by atoms with Crippen LogP contribution in [0.3, 0.4) is 0 Å². The van der Waals surface area contributed by atoms with Gasteiger partial charge in [0.05, 0.1) is 0 Å². The highest BCUT2D eigenvalue weighted by Gasteiger charge is 2.17. The summed E-state index contributed by atoms with van der Waals surface area (Å²) in [6.07, 6.45) is 8.66. The second-order valence-corrected chi connectivity index (χ2v) is 6.85. The Morgan fingerprint density at radius 1 is 1.04 bits per heavy atom. The number of hydrogen-bond acceptors (Lipinski definition) is 4. The van der Waals surface area contributed by atoms with Crippen molar-refractivity contribution in [3.63, 3.8) is 0 Å². The molecular weight excluding hydrogens is 312 g/mol. The van der Waals surface area contributed by atoms with E-state index in [1.807, 2.05) is 6.07 Å². The molecule has 0 bridgehead atoms. The lowest BCUT2D eigenvalue weighted by Gasteiger charge is -2.16. The van der Waals surface area contributed by atoms with Gasteiger partial charge in [0.25, 0.3) is 5.91 Å². The standard InChI is InChI=1S/C20H26N4O/c1-14-9-10-17(13-15(14)2)23-20-21-12-11-18(24-20)19(25)22-16-7-5-3-4-6-8-16/h9-13,16H,3-8H2,1-2H3,(H,22,25)(H,21,23,24). The average molecular weight is 338 g/mol. The SMILES string of the molecule is Cc1ccc(Nc2nccc(C(=O)NC3CCCCCC3)n2)cc1C. The number of carbonyl (C=O) groups excluding carboxylic acids is 1. The van der Waals surface area contributed by atoms with Crippen LogP contribution in [-0.4, -0.2) is 21.9 Å². The third-order valence-electron chi connectivity index (χ3n) is 4.84. The highest BCUT2D eigenvalue weighted by molar-refractivity contribution is 5.92. The first kappa shape index (κ1) is 17.4. The van der Waals surface area contributed by atoms with Crippen molar-refractivity contribution in [2.24, 2.45) is 0 Å². The van der Waals surface area contributed by atoms with Crippen molar-refractivity contribution in [1.82, 2.24) is 15.3 Å². The van der Waals surface area contributed by atoms with Crippen LogP contribution in [0.25, 0.3) is 0 Å². The third-order valence-corrected chi connectivity index (χ3v) is 4.84. The molecule has 0 atom stereocenters. The quantitative estimate of drug-likeness (QED) is 0.816. The molecule has 132 valence electrons. The molecule has 0 spiro atoms. The van der Waals surface area contributed by atoms with Gasteiger partial charge in [0, 0.05) is 17.9 Å². The zero-order valence-electron chi connectivity index (χ0n) is 15.0. The molecule has 3 rings (SSSR count). The van der Waals surface area contributed by atoms with E-state index in [9.17, 15) is 4.79 Å². The number of rotatable bonds is 4. The molecule has 1 aromatic carbocycles. The van der Waals surface area contributed by atoms with Gasteiger partial charge in [-0.05, 0) is 56.0 Å². The van der Waals surface area contributed by atoms with Crippen molar-refractivity contribution in [2.75, 3.05) is 5.32 Å². The largest absolute Gasteiger partial charge is 0.348 e. The first-order chi connectivity index (χ1) is 12.1. The summed E-state index contributed by atoms with van der Waals surface area (Å²) in [5.74, 6) is 0.328. The summed E-state index contributed by atoms with van der Waals surface area (Å²) >= 11 is 0. The minimum Gasteiger partial charge on any atom is -0.348 e. The monoisotopic (exact) mass is 338 g/mol. The van der Waals surface area contributed by atoms with E-state index >= 15 is 0 Å². The van der Waals surface area contributed by atoms with Gasteiger partial charge in [0.15, 0.2) is 0 Å². The van der Waals surface area contributed by atoms with E-state index in [1.54, 1.807) is 12.3 Å². The van der Waals surface area contributed by atoms with E-state index in [1.165, 1.54) is 36.8 Å². The number of nitrogens with one attached hydrogen (secondary N) is 2. The zero-order valence-corrected chi connectivity index (χ0v) is 15.0. The summed E-state index contributed by atoms with van der Waals surface area (Å²) < 4.78 is 0. The fourth-order valence-corrected chi connectivity index (χ4v) is 3.18. The minimum absolute atomic E-state index is 0.113. The molecule has 0 radical (unpaired) electrons. The Morgan fingerprint density at radius 3 is 2.52 bits per heavy atom. The van der Waals surface area contributed by atoms with Crippen molar-refractivity contribution in [1.29, 1.82) is 0 Å². The number of anilines is 2. The summed E-state index contributed by atoms with van der Waals surface area (Å²) in [7, 11) is 0. The normalized spacial score (nSPS) is 15.4. The molecule has 0 saturated heterocycles. The van der Waals surface area contributed by atoms with Crippen LogP contribution in [0.4, 0.5) is 11.6 Å². The number of aryl methyl sites for hydroxylation is 2. The minimum atomic E-state index is -0.113. The van der Waals surface area contributed by atoms with Gasteiger partial charge in [0.2, 0.25) is 5.95 Å². The van der Waals surface area contributed by atoms with Gasteiger partial charge < -0.3 is 10.6 Å². The molecule has 5 heteroatoms. The highest BCUT2D eigenvalue weighted by Crippen LogP contribution is 2.19. The first-order valence-corrected chi connectivity index (χ1v) is 9.10. The lowest BCUT2D eigenvalue weighted by molar-refractivity contribution is 0.0928. The molecule has 1 amide bonds. The zero-order chi connectivity index (χ0) is 17.6. The number of hydrogen-bond donors (Lipinski definition) is 2. The molecule has 1 fully saturated rings. The Morgan fingerprint density at radius 2 is 1.80 bits per heavy atom. The molecule has 25 heavy (non-hydrogen) atoms. The van der Waals surface area contributed by atoms with Crippen LogP contribution in [0.15, 0.2) is 30.5 Å². The topological polar surface area (TPSA) is 66.9 Å². The lowest BCUT2D eigenvalue weighted by atomic mass is 10.1. The van der Waals surface area contributed by atoms with Crippen LogP contribution in [0, 0.1) is 13.8 Å². The summed E-state index contributed by atoms with van der Waals surface area (Å²) in [4.78, 5) is 21.1.